The van der Waals surface area contributed by atoms with Gasteiger partial charge in [-0.1, -0.05) is 23.7 Å². The second kappa shape index (κ2) is 10.9. The molecule has 0 radical (unpaired) electrons. The molecule has 1 heterocycles. The fourth-order valence-electron chi connectivity index (χ4n) is 3.33. The molecule has 0 saturated carbocycles. The summed E-state index contributed by atoms with van der Waals surface area (Å²) >= 11 is 9.60. The van der Waals surface area contributed by atoms with Gasteiger partial charge < -0.3 is 19.1 Å². The van der Waals surface area contributed by atoms with Gasteiger partial charge in [-0.05, 0) is 47.1 Å². The number of para-hydroxylation sites is 1. The summed E-state index contributed by atoms with van der Waals surface area (Å²) in [5.74, 6) is 1.84. The molecule has 2 aromatic carbocycles. The average Bonchev–Trinajstić information content (AvgIpc) is 2.76. The zero-order valence-corrected chi connectivity index (χ0v) is 19.5. The molecule has 1 amide bonds. The highest BCUT2D eigenvalue weighted by Crippen LogP contribution is 2.37. The van der Waals surface area contributed by atoms with Crippen molar-refractivity contribution in [2.45, 2.75) is 6.92 Å². The molecule has 0 bridgehead atoms. The van der Waals surface area contributed by atoms with Crippen molar-refractivity contribution < 1.29 is 19.0 Å². The maximum absolute atomic E-state index is 13.0. The third-order valence-corrected chi connectivity index (χ3v) is 5.83. The number of hydrogen-bond acceptors (Lipinski definition) is 5. The number of nitrogens with zero attached hydrogens (tertiary/aromatic N) is 2. The Morgan fingerprint density at radius 3 is 2.50 bits per heavy atom. The van der Waals surface area contributed by atoms with Crippen molar-refractivity contribution >= 4 is 33.4 Å². The van der Waals surface area contributed by atoms with E-state index in [1.807, 2.05) is 36.1 Å². The first kappa shape index (κ1) is 22.7. The highest BCUT2D eigenvalue weighted by Gasteiger charge is 2.24. The summed E-state index contributed by atoms with van der Waals surface area (Å²) in [6.45, 7) is 6.70. The van der Waals surface area contributed by atoms with Gasteiger partial charge in [0.05, 0.1) is 23.2 Å². The predicted molar refractivity (Wildman–Crippen MR) is 121 cm³/mol. The molecule has 0 atom stereocenters. The van der Waals surface area contributed by atoms with Crippen LogP contribution in [0.3, 0.4) is 0 Å². The lowest BCUT2D eigenvalue weighted by atomic mass is 10.1. The fraction of sp³-hybridized carbons (Fsp3) is 0.409. The molecule has 0 aromatic heterocycles. The van der Waals surface area contributed by atoms with Crippen LogP contribution < -0.4 is 14.2 Å². The van der Waals surface area contributed by atoms with Crippen LogP contribution in [-0.2, 0) is 0 Å². The molecular weight excluding hydrogens is 472 g/mol. The van der Waals surface area contributed by atoms with E-state index in [4.69, 9.17) is 25.8 Å². The van der Waals surface area contributed by atoms with Crippen molar-refractivity contribution in [3.63, 3.8) is 0 Å². The zero-order valence-electron chi connectivity index (χ0n) is 17.2. The van der Waals surface area contributed by atoms with Crippen LogP contribution in [0.5, 0.6) is 17.2 Å². The SMILES string of the molecule is CCOc1c(Br)cc(C(=O)N2CCN(CCOc3ccccc3Cl)CC2)cc1OC. The van der Waals surface area contributed by atoms with Crippen molar-refractivity contribution in [3.8, 4) is 17.2 Å². The Morgan fingerprint density at radius 2 is 1.83 bits per heavy atom. The molecular formula is C22H26BrClN2O4. The molecule has 1 aliphatic heterocycles. The first-order chi connectivity index (χ1) is 14.5. The van der Waals surface area contributed by atoms with E-state index in [9.17, 15) is 4.79 Å². The van der Waals surface area contributed by atoms with Gasteiger partial charge >= 0.3 is 0 Å². The fourth-order valence-corrected chi connectivity index (χ4v) is 4.08. The van der Waals surface area contributed by atoms with Crippen molar-refractivity contribution in [3.05, 3.63) is 51.5 Å². The minimum absolute atomic E-state index is 0.0102. The van der Waals surface area contributed by atoms with Crippen molar-refractivity contribution in [1.29, 1.82) is 0 Å². The molecule has 8 heteroatoms. The van der Waals surface area contributed by atoms with Crippen molar-refractivity contribution in [2.24, 2.45) is 0 Å². The lowest BCUT2D eigenvalue weighted by Gasteiger charge is -2.34. The Morgan fingerprint density at radius 1 is 1.10 bits per heavy atom. The summed E-state index contributed by atoms with van der Waals surface area (Å²) in [5.41, 5.74) is 0.581. The molecule has 0 N–H and O–H groups in total. The van der Waals surface area contributed by atoms with E-state index in [1.165, 1.54) is 0 Å². The topological polar surface area (TPSA) is 51.2 Å². The number of carbonyl (C=O) groups is 1. The maximum atomic E-state index is 13.0. The van der Waals surface area contributed by atoms with Crippen LogP contribution in [0.1, 0.15) is 17.3 Å². The van der Waals surface area contributed by atoms with Crippen LogP contribution in [0.4, 0.5) is 0 Å². The molecule has 30 heavy (non-hydrogen) atoms. The lowest BCUT2D eigenvalue weighted by molar-refractivity contribution is 0.0620. The predicted octanol–water partition coefficient (Wildman–Crippen LogP) is 4.35. The van der Waals surface area contributed by atoms with Gasteiger partial charge in [0.15, 0.2) is 11.5 Å². The van der Waals surface area contributed by atoms with Crippen LogP contribution in [-0.4, -0.2) is 68.8 Å². The largest absolute Gasteiger partial charge is 0.493 e. The van der Waals surface area contributed by atoms with E-state index in [2.05, 4.69) is 20.8 Å². The number of piperazine rings is 1. The van der Waals surface area contributed by atoms with E-state index in [-0.39, 0.29) is 5.91 Å². The van der Waals surface area contributed by atoms with Gasteiger partial charge in [-0.25, -0.2) is 0 Å². The Balaban J connectivity index is 1.53. The van der Waals surface area contributed by atoms with Gasteiger partial charge in [-0.2, -0.15) is 0 Å². The minimum atomic E-state index is -0.0102. The van der Waals surface area contributed by atoms with Gasteiger partial charge in [-0.15, -0.1) is 0 Å². The quantitative estimate of drug-likeness (QED) is 0.543. The van der Waals surface area contributed by atoms with Gasteiger partial charge in [0.1, 0.15) is 12.4 Å². The molecule has 1 saturated heterocycles. The van der Waals surface area contributed by atoms with E-state index in [1.54, 1.807) is 19.2 Å². The third-order valence-electron chi connectivity index (χ3n) is 4.93. The first-order valence-electron chi connectivity index (χ1n) is 9.92. The zero-order chi connectivity index (χ0) is 21.5. The van der Waals surface area contributed by atoms with Crippen LogP contribution in [0.15, 0.2) is 40.9 Å². The Bertz CT molecular complexity index is 872. The molecule has 2 aromatic rings. The molecule has 0 spiro atoms. The Kier molecular flexibility index (Phi) is 8.24. The number of benzene rings is 2. The average molecular weight is 498 g/mol. The molecule has 1 fully saturated rings. The summed E-state index contributed by atoms with van der Waals surface area (Å²) in [5, 5.41) is 0.616. The van der Waals surface area contributed by atoms with Crippen LogP contribution in [0, 0.1) is 0 Å². The number of amides is 1. The Hall–Kier alpha value is -1.96. The second-order valence-electron chi connectivity index (χ2n) is 6.84. The molecule has 0 unspecified atom stereocenters. The smallest absolute Gasteiger partial charge is 0.254 e. The molecule has 3 rings (SSSR count). The number of methoxy groups -OCH3 is 1. The highest BCUT2D eigenvalue weighted by atomic mass is 79.9. The molecule has 6 nitrogen and oxygen atoms in total. The summed E-state index contributed by atoms with van der Waals surface area (Å²) in [6, 6.07) is 11.0. The van der Waals surface area contributed by atoms with Gasteiger partial charge in [0.25, 0.3) is 5.91 Å². The maximum Gasteiger partial charge on any atom is 0.254 e. The highest BCUT2D eigenvalue weighted by molar-refractivity contribution is 9.10. The third kappa shape index (κ3) is 5.59. The van der Waals surface area contributed by atoms with Gasteiger partial charge in [0, 0.05) is 38.3 Å². The first-order valence-corrected chi connectivity index (χ1v) is 11.1. The summed E-state index contributed by atoms with van der Waals surface area (Å²) in [4.78, 5) is 17.1. The summed E-state index contributed by atoms with van der Waals surface area (Å²) < 4.78 is 17.5. The molecule has 1 aliphatic rings. The monoisotopic (exact) mass is 496 g/mol. The van der Waals surface area contributed by atoms with Gasteiger partial charge in [0.2, 0.25) is 0 Å². The molecule has 0 aliphatic carbocycles. The van der Waals surface area contributed by atoms with Crippen molar-refractivity contribution in [1.82, 2.24) is 9.80 Å². The number of halogens is 2. The van der Waals surface area contributed by atoms with Crippen molar-refractivity contribution in [2.75, 3.05) is 53.0 Å². The number of carbonyl (C=O) groups excluding carboxylic acids is 1. The van der Waals surface area contributed by atoms with Crippen LogP contribution in [0.2, 0.25) is 5.02 Å². The normalized spacial score (nSPS) is 14.5. The van der Waals surface area contributed by atoms with Crippen LogP contribution in [0.25, 0.3) is 0 Å². The van der Waals surface area contributed by atoms with E-state index < -0.39 is 0 Å². The number of rotatable bonds is 8. The number of hydrogen-bond donors (Lipinski definition) is 0. The van der Waals surface area contributed by atoms with E-state index >= 15 is 0 Å². The summed E-state index contributed by atoms with van der Waals surface area (Å²) in [7, 11) is 1.57. The van der Waals surface area contributed by atoms with Crippen LogP contribution >= 0.6 is 27.5 Å². The Labute approximate surface area is 190 Å². The standard InChI is InChI=1S/C22H26BrClN2O4/c1-3-29-21-17(23)14-16(15-20(21)28-2)22(27)26-10-8-25(9-11-26)12-13-30-19-7-5-4-6-18(19)24/h4-7,14-15H,3,8-13H2,1-2H3. The van der Waals surface area contributed by atoms with E-state index in [0.717, 1.165) is 19.6 Å². The van der Waals surface area contributed by atoms with Gasteiger partial charge in [-0.3, -0.25) is 9.69 Å². The van der Waals surface area contributed by atoms with E-state index in [0.29, 0.717) is 58.6 Å². The second-order valence-corrected chi connectivity index (χ2v) is 8.10. The lowest BCUT2D eigenvalue weighted by Crippen LogP contribution is -2.49. The number of ether oxygens (including phenoxy) is 3. The minimum Gasteiger partial charge on any atom is -0.493 e. The molecule has 162 valence electrons. The summed E-state index contributed by atoms with van der Waals surface area (Å²) in [6.07, 6.45) is 0.